The van der Waals surface area contributed by atoms with Gasteiger partial charge in [-0.15, -0.1) is 0 Å². The topological polar surface area (TPSA) is 29.9 Å². The minimum Gasteiger partial charge on any atom is -0.328 e. The summed E-state index contributed by atoms with van der Waals surface area (Å²) in [6, 6.07) is 9.01. The van der Waals surface area contributed by atoms with Crippen LogP contribution in [-0.2, 0) is 13.0 Å². The summed E-state index contributed by atoms with van der Waals surface area (Å²) < 4.78 is 2.36. The predicted octanol–water partition coefficient (Wildman–Crippen LogP) is 4.16. The van der Waals surface area contributed by atoms with Gasteiger partial charge >= 0.3 is 0 Å². The molecule has 21 heavy (non-hydrogen) atoms. The summed E-state index contributed by atoms with van der Waals surface area (Å²) in [4.78, 5) is 4.86. The first-order chi connectivity index (χ1) is 10.3. The van der Waals surface area contributed by atoms with Gasteiger partial charge in [-0.1, -0.05) is 38.8 Å². The molecule has 1 N–H and O–H groups in total. The van der Waals surface area contributed by atoms with Crippen LogP contribution in [0, 0.1) is 0 Å². The van der Waals surface area contributed by atoms with Crippen LogP contribution >= 0.6 is 0 Å². The summed E-state index contributed by atoms with van der Waals surface area (Å²) in [5.41, 5.74) is 2.39. The van der Waals surface area contributed by atoms with Crippen molar-refractivity contribution in [1.29, 1.82) is 0 Å². The number of imidazole rings is 1. The largest absolute Gasteiger partial charge is 0.328 e. The predicted molar refractivity (Wildman–Crippen MR) is 90.7 cm³/mol. The Morgan fingerprint density at radius 3 is 2.67 bits per heavy atom. The van der Waals surface area contributed by atoms with Crippen LogP contribution in [0.4, 0.5) is 0 Å². The Morgan fingerprint density at radius 2 is 1.95 bits per heavy atom. The van der Waals surface area contributed by atoms with Gasteiger partial charge in [-0.2, -0.15) is 0 Å². The maximum Gasteiger partial charge on any atom is 0.111 e. The molecule has 0 bridgehead atoms. The van der Waals surface area contributed by atoms with Crippen LogP contribution < -0.4 is 5.32 Å². The van der Waals surface area contributed by atoms with Crippen molar-refractivity contribution < 1.29 is 0 Å². The lowest BCUT2D eigenvalue weighted by atomic mass is 10.1. The lowest BCUT2D eigenvalue weighted by Gasteiger charge is -2.18. The smallest absolute Gasteiger partial charge is 0.111 e. The number of hydrogen-bond donors (Lipinski definition) is 1. The van der Waals surface area contributed by atoms with Gasteiger partial charge in [-0.3, -0.25) is 0 Å². The van der Waals surface area contributed by atoms with Gasteiger partial charge < -0.3 is 9.88 Å². The average Bonchev–Trinajstić information content (AvgIpc) is 2.86. The van der Waals surface area contributed by atoms with Crippen molar-refractivity contribution in [3.8, 4) is 0 Å². The van der Waals surface area contributed by atoms with Crippen LogP contribution in [0.5, 0.6) is 0 Å². The van der Waals surface area contributed by atoms with Crippen LogP contribution in [0.15, 0.2) is 24.3 Å². The third-order valence-electron chi connectivity index (χ3n) is 4.07. The molecule has 1 unspecified atom stereocenters. The van der Waals surface area contributed by atoms with E-state index >= 15 is 0 Å². The van der Waals surface area contributed by atoms with E-state index < -0.39 is 0 Å². The molecule has 3 heteroatoms. The Kier molecular flexibility index (Phi) is 6.24. The van der Waals surface area contributed by atoms with E-state index in [0.717, 1.165) is 25.0 Å². The number of aryl methyl sites for hydroxylation is 1. The molecule has 1 aromatic carbocycles. The molecule has 0 saturated carbocycles. The van der Waals surface area contributed by atoms with Crippen molar-refractivity contribution in [3.05, 3.63) is 30.1 Å². The van der Waals surface area contributed by atoms with Crippen molar-refractivity contribution in [2.24, 2.45) is 0 Å². The van der Waals surface area contributed by atoms with E-state index in [2.05, 4.69) is 54.9 Å². The van der Waals surface area contributed by atoms with E-state index in [1.807, 2.05) is 0 Å². The van der Waals surface area contributed by atoms with Crippen molar-refractivity contribution >= 4 is 11.0 Å². The van der Waals surface area contributed by atoms with E-state index in [-0.39, 0.29) is 0 Å². The summed E-state index contributed by atoms with van der Waals surface area (Å²) in [5, 5.41) is 3.70. The monoisotopic (exact) mass is 287 g/mol. The number of fused-ring (bicyclic) bond motifs is 1. The molecule has 1 atom stereocenters. The summed E-state index contributed by atoms with van der Waals surface area (Å²) in [5.74, 6) is 1.23. The third kappa shape index (κ3) is 4.07. The maximum atomic E-state index is 4.86. The first kappa shape index (κ1) is 16.0. The summed E-state index contributed by atoms with van der Waals surface area (Å²) in [7, 11) is 0. The molecular formula is C18H29N3. The van der Waals surface area contributed by atoms with Crippen molar-refractivity contribution in [2.75, 3.05) is 6.54 Å². The van der Waals surface area contributed by atoms with E-state index in [1.54, 1.807) is 0 Å². The molecule has 0 aliphatic carbocycles. The number of unbranched alkanes of at least 4 members (excludes halogenated alkanes) is 1. The molecule has 1 aromatic heterocycles. The number of benzene rings is 1. The number of hydrogen-bond acceptors (Lipinski definition) is 2. The van der Waals surface area contributed by atoms with Crippen molar-refractivity contribution in [1.82, 2.24) is 14.9 Å². The Bertz CT molecular complexity index is 536. The van der Waals surface area contributed by atoms with Crippen LogP contribution in [-0.4, -0.2) is 22.1 Å². The van der Waals surface area contributed by atoms with Crippen LogP contribution in [0.25, 0.3) is 11.0 Å². The molecular weight excluding hydrogens is 258 g/mol. The van der Waals surface area contributed by atoms with Gasteiger partial charge in [0, 0.05) is 19.0 Å². The SMILES string of the molecule is CCCCC(Cc1nc2ccccc2n1CC)NCCC. The number of nitrogens with zero attached hydrogens (tertiary/aromatic N) is 2. The summed E-state index contributed by atoms with van der Waals surface area (Å²) in [6.45, 7) is 8.78. The minimum absolute atomic E-state index is 0.548. The normalized spacial score (nSPS) is 12.9. The molecule has 0 amide bonds. The minimum atomic E-state index is 0.548. The van der Waals surface area contributed by atoms with Crippen molar-refractivity contribution in [2.45, 2.75) is 65.5 Å². The second-order valence-corrected chi connectivity index (χ2v) is 5.76. The second-order valence-electron chi connectivity index (χ2n) is 5.76. The third-order valence-corrected chi connectivity index (χ3v) is 4.07. The Labute approximate surface area is 128 Å². The second kappa shape index (κ2) is 8.18. The van der Waals surface area contributed by atoms with Gasteiger partial charge in [-0.25, -0.2) is 4.98 Å². The molecule has 0 spiro atoms. The number of nitrogens with one attached hydrogen (secondary N) is 1. The van der Waals surface area contributed by atoms with Gasteiger partial charge in [0.15, 0.2) is 0 Å². The summed E-state index contributed by atoms with van der Waals surface area (Å²) >= 11 is 0. The maximum absolute atomic E-state index is 4.86. The first-order valence-corrected chi connectivity index (χ1v) is 8.47. The number of rotatable bonds is 9. The molecule has 2 aromatic rings. The van der Waals surface area contributed by atoms with Gasteiger partial charge in [-0.05, 0) is 38.4 Å². The van der Waals surface area contributed by atoms with Gasteiger partial charge in [0.1, 0.15) is 5.82 Å². The zero-order valence-corrected chi connectivity index (χ0v) is 13.7. The van der Waals surface area contributed by atoms with E-state index in [1.165, 1.54) is 37.0 Å². The van der Waals surface area contributed by atoms with Gasteiger partial charge in [0.05, 0.1) is 11.0 Å². The zero-order chi connectivity index (χ0) is 15.1. The van der Waals surface area contributed by atoms with E-state index in [0.29, 0.717) is 6.04 Å². The Balaban J connectivity index is 2.18. The van der Waals surface area contributed by atoms with Crippen LogP contribution in [0.2, 0.25) is 0 Å². The molecule has 0 aliphatic rings. The van der Waals surface area contributed by atoms with E-state index in [9.17, 15) is 0 Å². The number of aromatic nitrogens is 2. The average molecular weight is 287 g/mol. The fourth-order valence-electron chi connectivity index (χ4n) is 2.93. The zero-order valence-electron chi connectivity index (χ0n) is 13.7. The highest BCUT2D eigenvalue weighted by Gasteiger charge is 2.14. The quantitative estimate of drug-likeness (QED) is 0.750. The highest BCUT2D eigenvalue weighted by atomic mass is 15.1. The Hall–Kier alpha value is -1.35. The summed E-state index contributed by atoms with van der Waals surface area (Å²) in [6.07, 6.45) is 6.00. The fourth-order valence-corrected chi connectivity index (χ4v) is 2.93. The molecule has 3 nitrogen and oxygen atoms in total. The molecule has 0 fully saturated rings. The molecule has 1 heterocycles. The molecule has 0 aliphatic heterocycles. The van der Waals surface area contributed by atoms with Crippen LogP contribution in [0.1, 0.15) is 52.3 Å². The van der Waals surface area contributed by atoms with Gasteiger partial charge in [0.2, 0.25) is 0 Å². The van der Waals surface area contributed by atoms with E-state index in [4.69, 9.17) is 4.98 Å². The van der Waals surface area contributed by atoms with Crippen LogP contribution in [0.3, 0.4) is 0 Å². The standard InChI is InChI=1S/C18H29N3/c1-4-7-10-15(19-13-5-2)14-18-20-16-11-8-9-12-17(16)21(18)6-3/h8-9,11-12,15,19H,4-7,10,13-14H2,1-3H3. The Morgan fingerprint density at radius 1 is 1.14 bits per heavy atom. The lowest BCUT2D eigenvalue weighted by molar-refractivity contribution is 0.449. The fraction of sp³-hybridized carbons (Fsp3) is 0.611. The molecule has 0 radical (unpaired) electrons. The van der Waals surface area contributed by atoms with Gasteiger partial charge in [0.25, 0.3) is 0 Å². The highest BCUT2D eigenvalue weighted by Crippen LogP contribution is 2.18. The molecule has 116 valence electrons. The lowest BCUT2D eigenvalue weighted by Crippen LogP contribution is -2.32. The molecule has 0 saturated heterocycles. The molecule has 2 rings (SSSR count). The first-order valence-electron chi connectivity index (χ1n) is 8.47. The number of para-hydroxylation sites is 2. The highest BCUT2D eigenvalue weighted by molar-refractivity contribution is 5.75. The van der Waals surface area contributed by atoms with Crippen molar-refractivity contribution in [3.63, 3.8) is 0 Å².